The Morgan fingerprint density at radius 1 is 1.19 bits per heavy atom. The number of ether oxygens (including phenoxy) is 3. The highest BCUT2D eigenvalue weighted by molar-refractivity contribution is 5.53. The minimum absolute atomic E-state index is 0.176. The van der Waals surface area contributed by atoms with Crippen molar-refractivity contribution in [2.75, 3.05) is 20.8 Å². The molecular formula is C14H19N3O4. The van der Waals surface area contributed by atoms with Gasteiger partial charge in [0.2, 0.25) is 18.0 Å². The highest BCUT2D eigenvalue weighted by atomic mass is 16.5. The molecule has 0 atom stereocenters. The quantitative estimate of drug-likeness (QED) is 0.794. The van der Waals surface area contributed by atoms with Crippen LogP contribution < -0.4 is 19.5 Å². The summed E-state index contributed by atoms with van der Waals surface area (Å²) in [4.78, 5) is 3.91. The molecule has 2 aromatic rings. The number of hydrogen-bond donors (Lipinski definition) is 1. The number of nitrogens with zero attached hydrogens (tertiary/aromatic N) is 2. The van der Waals surface area contributed by atoms with Gasteiger partial charge in [0.25, 0.3) is 0 Å². The van der Waals surface area contributed by atoms with Gasteiger partial charge >= 0.3 is 0 Å². The van der Waals surface area contributed by atoms with Crippen molar-refractivity contribution in [3.8, 4) is 17.2 Å². The summed E-state index contributed by atoms with van der Waals surface area (Å²) >= 11 is 0. The summed E-state index contributed by atoms with van der Waals surface area (Å²) in [6.07, 6.45) is 1.26. The van der Waals surface area contributed by atoms with E-state index in [2.05, 4.69) is 26.9 Å². The second-order valence-corrected chi connectivity index (χ2v) is 4.25. The third kappa shape index (κ3) is 3.85. The van der Waals surface area contributed by atoms with E-state index in [4.69, 9.17) is 14.2 Å². The first-order chi connectivity index (χ1) is 10.3. The monoisotopic (exact) mass is 293 g/mol. The lowest BCUT2D eigenvalue weighted by Gasteiger charge is -2.15. The van der Waals surface area contributed by atoms with E-state index in [0.717, 1.165) is 18.7 Å². The molecule has 0 radical (unpaired) electrons. The summed E-state index contributed by atoms with van der Waals surface area (Å²) in [7, 11) is 3.18. The van der Waals surface area contributed by atoms with Gasteiger partial charge < -0.3 is 24.1 Å². The van der Waals surface area contributed by atoms with Gasteiger partial charge in [-0.05, 0) is 24.2 Å². The first kappa shape index (κ1) is 15.1. The van der Waals surface area contributed by atoms with Crippen LogP contribution in [0.25, 0.3) is 0 Å². The Kier molecular flexibility index (Phi) is 5.39. The fraction of sp³-hybridized carbons (Fsp3) is 0.429. The van der Waals surface area contributed by atoms with Gasteiger partial charge in [-0.2, -0.15) is 4.98 Å². The minimum Gasteiger partial charge on any atom is -0.493 e. The Morgan fingerprint density at radius 2 is 1.90 bits per heavy atom. The molecule has 21 heavy (non-hydrogen) atoms. The molecule has 7 heteroatoms. The smallest absolute Gasteiger partial charge is 0.213 e. The molecule has 0 aliphatic heterocycles. The lowest BCUT2D eigenvalue weighted by molar-refractivity contribution is 0.254. The second-order valence-electron chi connectivity index (χ2n) is 4.25. The maximum Gasteiger partial charge on any atom is 0.213 e. The van der Waals surface area contributed by atoms with Crippen molar-refractivity contribution in [2.24, 2.45) is 0 Å². The maximum atomic E-state index is 5.70. The molecule has 0 aliphatic rings. The fourth-order valence-electron chi connectivity index (χ4n) is 1.84. The molecule has 0 unspecified atom stereocenters. The van der Waals surface area contributed by atoms with E-state index in [1.807, 2.05) is 12.1 Å². The van der Waals surface area contributed by atoms with Gasteiger partial charge in [-0.15, -0.1) is 0 Å². The van der Waals surface area contributed by atoms with Crippen molar-refractivity contribution < 1.29 is 18.7 Å². The minimum atomic E-state index is 0.176. The molecule has 114 valence electrons. The zero-order valence-electron chi connectivity index (χ0n) is 12.4. The van der Waals surface area contributed by atoms with Crippen LogP contribution in [0.2, 0.25) is 0 Å². The molecule has 0 saturated carbocycles. The fourth-order valence-corrected chi connectivity index (χ4v) is 1.84. The van der Waals surface area contributed by atoms with Crippen LogP contribution in [0.3, 0.4) is 0 Å². The molecular weight excluding hydrogens is 274 g/mol. The van der Waals surface area contributed by atoms with Gasteiger partial charge in [0.1, 0.15) is 0 Å². The largest absolute Gasteiger partial charge is 0.493 e. The van der Waals surface area contributed by atoms with Crippen LogP contribution in [0.1, 0.15) is 18.3 Å². The number of hydrogen-bond acceptors (Lipinski definition) is 7. The number of methoxy groups -OCH3 is 2. The Balaban J connectivity index is 2.21. The SMILES string of the molecule is CCNCc1cc(OC)c(OCc2ncon2)c(OC)c1. The summed E-state index contributed by atoms with van der Waals surface area (Å²) in [5.41, 5.74) is 1.05. The summed E-state index contributed by atoms with van der Waals surface area (Å²) < 4.78 is 21.1. The molecule has 7 nitrogen and oxygen atoms in total. The molecule has 1 aromatic heterocycles. The van der Waals surface area contributed by atoms with Crippen LogP contribution in [0.5, 0.6) is 17.2 Å². The van der Waals surface area contributed by atoms with Gasteiger partial charge in [-0.25, -0.2) is 0 Å². The van der Waals surface area contributed by atoms with Crippen molar-refractivity contribution in [3.63, 3.8) is 0 Å². The molecule has 0 aliphatic carbocycles. The zero-order valence-corrected chi connectivity index (χ0v) is 12.4. The van der Waals surface area contributed by atoms with E-state index in [-0.39, 0.29) is 6.61 Å². The van der Waals surface area contributed by atoms with Crippen LogP contribution >= 0.6 is 0 Å². The lowest BCUT2D eigenvalue weighted by Crippen LogP contribution is -2.12. The van der Waals surface area contributed by atoms with Gasteiger partial charge in [0.15, 0.2) is 18.1 Å². The predicted molar refractivity (Wildman–Crippen MR) is 75.6 cm³/mol. The number of rotatable bonds is 8. The molecule has 0 saturated heterocycles. The summed E-state index contributed by atoms with van der Waals surface area (Å²) in [6.45, 7) is 3.85. The third-order valence-electron chi connectivity index (χ3n) is 2.85. The molecule has 1 aromatic carbocycles. The van der Waals surface area contributed by atoms with E-state index in [1.165, 1.54) is 6.39 Å². The first-order valence-electron chi connectivity index (χ1n) is 6.62. The van der Waals surface area contributed by atoms with Crippen molar-refractivity contribution in [1.29, 1.82) is 0 Å². The molecule has 0 bridgehead atoms. The molecule has 0 spiro atoms. The van der Waals surface area contributed by atoms with E-state index in [9.17, 15) is 0 Å². The molecule has 1 N–H and O–H groups in total. The summed E-state index contributed by atoms with van der Waals surface area (Å²) in [5, 5.41) is 6.95. The Labute approximate surface area is 123 Å². The van der Waals surface area contributed by atoms with Crippen LogP contribution in [0.15, 0.2) is 23.0 Å². The average molecular weight is 293 g/mol. The topological polar surface area (TPSA) is 78.6 Å². The highest BCUT2D eigenvalue weighted by Crippen LogP contribution is 2.38. The zero-order chi connectivity index (χ0) is 15.1. The second kappa shape index (κ2) is 7.49. The van der Waals surface area contributed by atoms with Gasteiger partial charge in [0, 0.05) is 6.54 Å². The lowest BCUT2D eigenvalue weighted by atomic mass is 10.1. The maximum absolute atomic E-state index is 5.70. The Hall–Kier alpha value is -2.28. The van der Waals surface area contributed by atoms with Crippen LogP contribution in [-0.2, 0) is 13.2 Å². The van der Waals surface area contributed by atoms with Gasteiger partial charge in [0.05, 0.1) is 14.2 Å². The molecule has 0 fully saturated rings. The number of nitrogens with one attached hydrogen (secondary N) is 1. The number of benzene rings is 1. The molecule has 1 heterocycles. The Morgan fingerprint density at radius 3 is 2.43 bits per heavy atom. The third-order valence-corrected chi connectivity index (χ3v) is 2.85. The van der Waals surface area contributed by atoms with E-state index in [1.54, 1.807) is 14.2 Å². The van der Waals surface area contributed by atoms with Gasteiger partial charge in [-0.1, -0.05) is 12.1 Å². The van der Waals surface area contributed by atoms with Crippen molar-refractivity contribution in [2.45, 2.75) is 20.1 Å². The van der Waals surface area contributed by atoms with Gasteiger partial charge in [-0.3, -0.25) is 0 Å². The van der Waals surface area contributed by atoms with E-state index >= 15 is 0 Å². The molecule has 0 amide bonds. The normalized spacial score (nSPS) is 10.4. The van der Waals surface area contributed by atoms with Crippen LogP contribution in [0.4, 0.5) is 0 Å². The van der Waals surface area contributed by atoms with Crippen molar-refractivity contribution >= 4 is 0 Å². The van der Waals surface area contributed by atoms with Crippen LogP contribution in [0, 0.1) is 0 Å². The first-order valence-corrected chi connectivity index (χ1v) is 6.62. The summed E-state index contributed by atoms with van der Waals surface area (Å²) in [5.74, 6) is 2.18. The number of aromatic nitrogens is 2. The van der Waals surface area contributed by atoms with E-state index < -0.39 is 0 Å². The van der Waals surface area contributed by atoms with Crippen LogP contribution in [-0.4, -0.2) is 30.9 Å². The van der Waals surface area contributed by atoms with E-state index in [0.29, 0.717) is 23.1 Å². The molecule has 2 rings (SSSR count). The Bertz CT molecular complexity index is 532. The van der Waals surface area contributed by atoms with Crippen molar-refractivity contribution in [3.05, 3.63) is 29.9 Å². The highest BCUT2D eigenvalue weighted by Gasteiger charge is 2.15. The average Bonchev–Trinajstić information content (AvgIpc) is 3.03. The standard InChI is InChI=1S/C14H19N3O4/c1-4-15-7-10-5-11(18-2)14(12(6-10)19-3)20-8-13-16-9-21-17-13/h5-6,9,15H,4,7-8H2,1-3H3. The summed E-state index contributed by atoms with van der Waals surface area (Å²) in [6, 6.07) is 3.83. The van der Waals surface area contributed by atoms with Crippen molar-refractivity contribution in [1.82, 2.24) is 15.5 Å². The predicted octanol–water partition coefficient (Wildman–Crippen LogP) is 1.78.